The van der Waals surface area contributed by atoms with Crippen molar-refractivity contribution in [3.05, 3.63) is 99.7 Å². The van der Waals surface area contributed by atoms with Crippen molar-refractivity contribution in [2.24, 2.45) is 14.1 Å². The van der Waals surface area contributed by atoms with Crippen molar-refractivity contribution in [1.82, 2.24) is 14.5 Å². The largest absolute Gasteiger partial charge is 0.491 e. The van der Waals surface area contributed by atoms with Crippen molar-refractivity contribution in [3.8, 4) is 5.75 Å². The van der Waals surface area contributed by atoms with E-state index in [9.17, 15) is 14.3 Å². The minimum absolute atomic E-state index is 0.102. The molecule has 0 fully saturated rings. The number of rotatable bonds is 8. The molecule has 32 heavy (non-hydrogen) atoms. The Morgan fingerprint density at radius 1 is 0.906 bits per heavy atom. The minimum Gasteiger partial charge on any atom is -0.491 e. The summed E-state index contributed by atoms with van der Waals surface area (Å²) < 4.78 is 21.9. The Bertz CT molecular complexity index is 1260. The highest BCUT2D eigenvalue weighted by atomic mass is 19.1. The topological polar surface area (TPSA) is 68.4 Å². The van der Waals surface area contributed by atoms with Crippen molar-refractivity contribution < 1.29 is 14.2 Å². The van der Waals surface area contributed by atoms with Crippen LogP contribution < -0.4 is 15.7 Å². The lowest BCUT2D eigenvalue weighted by molar-refractivity contribution is 0.108. The number of hydrogen-bond donors (Lipinski definition) is 2. The van der Waals surface area contributed by atoms with Gasteiger partial charge in [0, 0.05) is 27.2 Å². The summed E-state index contributed by atoms with van der Waals surface area (Å²) >= 11 is 0. The smallest absolute Gasteiger partial charge is 0.328 e. The highest BCUT2D eigenvalue weighted by Gasteiger charge is 2.13. The maximum absolute atomic E-state index is 13.0. The second kappa shape index (κ2) is 9.38. The van der Waals surface area contributed by atoms with E-state index in [2.05, 4.69) is 5.32 Å². The minimum atomic E-state index is -0.813. The molecule has 0 saturated carbocycles. The van der Waals surface area contributed by atoms with Crippen LogP contribution in [0.4, 0.5) is 4.39 Å². The average molecular weight is 435 g/mol. The number of aromatic nitrogens is 2. The van der Waals surface area contributed by atoms with Gasteiger partial charge in [0.25, 0.3) is 0 Å². The fourth-order valence-corrected chi connectivity index (χ4v) is 3.66. The molecular formula is C25H26FN3O3. The lowest BCUT2D eigenvalue weighted by Crippen LogP contribution is -2.19. The van der Waals surface area contributed by atoms with Crippen LogP contribution in [-0.4, -0.2) is 20.8 Å². The van der Waals surface area contributed by atoms with Crippen LogP contribution in [0.2, 0.25) is 0 Å². The Morgan fingerprint density at radius 2 is 1.50 bits per heavy atom. The molecule has 0 aliphatic rings. The van der Waals surface area contributed by atoms with Gasteiger partial charge in [0.05, 0.1) is 11.0 Å². The summed E-state index contributed by atoms with van der Waals surface area (Å²) in [6.07, 6.45) is -0.813. The van der Waals surface area contributed by atoms with Crippen LogP contribution in [-0.2, 0) is 27.2 Å². The number of hydrogen-bond acceptors (Lipinski definition) is 4. The summed E-state index contributed by atoms with van der Waals surface area (Å²) in [5, 5.41) is 13.9. The number of nitrogens with zero attached hydrogens (tertiary/aromatic N) is 2. The van der Waals surface area contributed by atoms with Crippen molar-refractivity contribution in [2.45, 2.75) is 19.2 Å². The van der Waals surface area contributed by atoms with Gasteiger partial charge in [-0.1, -0.05) is 30.3 Å². The van der Waals surface area contributed by atoms with Crippen LogP contribution in [0.1, 0.15) is 22.8 Å². The van der Waals surface area contributed by atoms with E-state index >= 15 is 0 Å². The molecule has 0 bridgehead atoms. The van der Waals surface area contributed by atoms with Crippen LogP contribution in [0.25, 0.3) is 11.0 Å². The van der Waals surface area contributed by atoms with Crippen LogP contribution in [0.5, 0.6) is 5.75 Å². The summed E-state index contributed by atoms with van der Waals surface area (Å²) in [5.74, 6) is 0.431. The molecule has 1 heterocycles. The summed E-state index contributed by atoms with van der Waals surface area (Å²) in [7, 11) is 3.44. The molecule has 4 rings (SSSR count). The highest BCUT2D eigenvalue weighted by molar-refractivity contribution is 5.77. The van der Waals surface area contributed by atoms with E-state index in [4.69, 9.17) is 4.74 Å². The number of ether oxygens (including phenoxy) is 1. The Hall–Kier alpha value is -3.42. The van der Waals surface area contributed by atoms with Gasteiger partial charge in [-0.15, -0.1) is 0 Å². The molecule has 1 atom stereocenters. The molecule has 166 valence electrons. The van der Waals surface area contributed by atoms with E-state index in [0.29, 0.717) is 24.4 Å². The average Bonchev–Trinajstić information content (AvgIpc) is 3.03. The first-order valence-electron chi connectivity index (χ1n) is 10.4. The number of imidazole rings is 1. The third-order valence-corrected chi connectivity index (χ3v) is 5.58. The third-order valence-electron chi connectivity index (χ3n) is 5.58. The number of nitrogens with one attached hydrogen (secondary N) is 1. The molecule has 6 nitrogen and oxygen atoms in total. The van der Waals surface area contributed by atoms with E-state index in [-0.39, 0.29) is 18.1 Å². The fourth-order valence-electron chi connectivity index (χ4n) is 3.66. The van der Waals surface area contributed by atoms with Gasteiger partial charge in [-0.05, 0) is 53.1 Å². The van der Waals surface area contributed by atoms with Gasteiger partial charge < -0.3 is 15.2 Å². The van der Waals surface area contributed by atoms with Crippen molar-refractivity contribution in [3.63, 3.8) is 0 Å². The molecule has 0 aliphatic heterocycles. The standard InChI is InChI=1S/C25H26FN3O3/c1-28-22-12-7-19(13-23(22)29(2)25(28)31)24(30)16-32-21-10-5-18(6-11-21)15-27-14-17-3-8-20(26)9-4-17/h3-13,24,27,30H,14-16H2,1-2H3/t24-/m0/s1. The molecule has 1 aromatic heterocycles. The number of halogens is 1. The lowest BCUT2D eigenvalue weighted by Gasteiger charge is -2.14. The Morgan fingerprint density at radius 3 is 2.16 bits per heavy atom. The Labute approximate surface area is 185 Å². The van der Waals surface area contributed by atoms with Crippen LogP contribution in [0, 0.1) is 5.82 Å². The summed E-state index contributed by atoms with van der Waals surface area (Å²) in [6.45, 7) is 1.44. The molecule has 0 amide bonds. The number of benzene rings is 3. The fraction of sp³-hybridized carbons (Fsp3) is 0.240. The van der Waals surface area contributed by atoms with Gasteiger partial charge in [-0.2, -0.15) is 0 Å². The van der Waals surface area contributed by atoms with Crippen molar-refractivity contribution in [1.29, 1.82) is 0 Å². The van der Waals surface area contributed by atoms with Gasteiger partial charge >= 0.3 is 5.69 Å². The summed E-state index contributed by atoms with van der Waals surface area (Å²) in [5.41, 5.74) is 4.30. The number of fused-ring (bicyclic) bond motifs is 1. The third kappa shape index (κ3) is 4.74. The SMILES string of the molecule is Cn1c(=O)n(C)c2cc([C@@H](O)COc3ccc(CNCc4ccc(F)cc4)cc3)ccc21. The number of aliphatic hydroxyl groups is 1. The first-order valence-corrected chi connectivity index (χ1v) is 10.4. The second-order valence-electron chi connectivity index (χ2n) is 7.85. The van der Waals surface area contributed by atoms with Crippen LogP contribution in [0.15, 0.2) is 71.5 Å². The normalized spacial score (nSPS) is 12.2. The number of aliphatic hydroxyl groups excluding tert-OH is 1. The predicted octanol–water partition coefficient (Wildman–Crippen LogP) is 3.42. The van der Waals surface area contributed by atoms with Crippen molar-refractivity contribution in [2.75, 3.05) is 6.61 Å². The molecule has 0 spiro atoms. The zero-order chi connectivity index (χ0) is 22.7. The highest BCUT2D eigenvalue weighted by Crippen LogP contribution is 2.21. The van der Waals surface area contributed by atoms with E-state index < -0.39 is 6.10 Å². The van der Waals surface area contributed by atoms with Gasteiger partial charge in [-0.25, -0.2) is 9.18 Å². The molecule has 0 aliphatic carbocycles. The van der Waals surface area contributed by atoms with E-state index in [1.54, 1.807) is 35.4 Å². The second-order valence-corrected chi connectivity index (χ2v) is 7.85. The first-order chi connectivity index (χ1) is 15.4. The number of aryl methyl sites for hydroxylation is 2. The van der Waals surface area contributed by atoms with Gasteiger partial charge in [0.1, 0.15) is 24.3 Å². The van der Waals surface area contributed by atoms with Crippen LogP contribution >= 0.6 is 0 Å². The van der Waals surface area contributed by atoms with E-state index in [1.807, 2.05) is 42.5 Å². The summed E-state index contributed by atoms with van der Waals surface area (Å²) in [6, 6.07) is 19.6. The maximum atomic E-state index is 13.0. The zero-order valence-corrected chi connectivity index (χ0v) is 18.1. The predicted molar refractivity (Wildman–Crippen MR) is 122 cm³/mol. The van der Waals surface area contributed by atoms with Crippen molar-refractivity contribution >= 4 is 11.0 Å². The summed E-state index contributed by atoms with van der Waals surface area (Å²) in [4.78, 5) is 12.1. The maximum Gasteiger partial charge on any atom is 0.328 e. The van der Waals surface area contributed by atoms with Crippen LogP contribution in [0.3, 0.4) is 0 Å². The molecular weight excluding hydrogens is 409 g/mol. The molecule has 2 N–H and O–H groups in total. The van der Waals surface area contributed by atoms with E-state index in [1.165, 1.54) is 12.1 Å². The molecule has 0 radical (unpaired) electrons. The van der Waals surface area contributed by atoms with Gasteiger partial charge in [-0.3, -0.25) is 9.13 Å². The van der Waals surface area contributed by atoms with Gasteiger partial charge in [0.2, 0.25) is 0 Å². The first kappa shape index (κ1) is 21.8. The monoisotopic (exact) mass is 435 g/mol. The molecule has 0 saturated heterocycles. The van der Waals surface area contributed by atoms with Gasteiger partial charge in [0.15, 0.2) is 0 Å². The molecule has 7 heteroatoms. The van der Waals surface area contributed by atoms with E-state index in [0.717, 1.165) is 22.2 Å². The quantitative estimate of drug-likeness (QED) is 0.445. The Balaban J connectivity index is 1.31. The molecule has 0 unspecified atom stereocenters. The molecule has 4 aromatic rings. The molecule has 3 aromatic carbocycles. The zero-order valence-electron chi connectivity index (χ0n) is 18.1. The lowest BCUT2D eigenvalue weighted by atomic mass is 10.1. The Kier molecular flexibility index (Phi) is 6.39.